The summed E-state index contributed by atoms with van der Waals surface area (Å²) in [5.41, 5.74) is 3.61. The molecule has 3 aromatic heterocycles. The van der Waals surface area contributed by atoms with E-state index in [2.05, 4.69) is 22.3 Å². The van der Waals surface area contributed by atoms with Gasteiger partial charge in [-0.15, -0.1) is 0 Å². The van der Waals surface area contributed by atoms with Gasteiger partial charge in [-0.3, -0.25) is 9.48 Å². The van der Waals surface area contributed by atoms with Crippen molar-refractivity contribution in [3.8, 4) is 0 Å². The molecule has 0 aliphatic heterocycles. The lowest BCUT2D eigenvalue weighted by Crippen LogP contribution is -2.24. The second-order valence-electron chi connectivity index (χ2n) is 5.93. The van der Waals surface area contributed by atoms with Gasteiger partial charge in [-0.25, -0.2) is 4.68 Å². The predicted octanol–water partition coefficient (Wildman–Crippen LogP) is 1.98. The van der Waals surface area contributed by atoms with Gasteiger partial charge in [0.05, 0.1) is 18.4 Å². The molecule has 0 radical (unpaired) electrons. The Labute approximate surface area is 132 Å². The lowest BCUT2D eigenvalue weighted by atomic mass is 10.1. The maximum absolute atomic E-state index is 12.9. The highest BCUT2D eigenvalue weighted by Crippen LogP contribution is 2.26. The van der Waals surface area contributed by atoms with Gasteiger partial charge in [-0.1, -0.05) is 11.6 Å². The smallest absolute Gasteiger partial charge is 0.291 e. The van der Waals surface area contributed by atoms with Crippen LogP contribution in [0.5, 0.6) is 0 Å². The number of hydrogen-bond donors (Lipinski definition) is 0. The van der Waals surface area contributed by atoms with Crippen LogP contribution in [-0.4, -0.2) is 24.1 Å². The summed E-state index contributed by atoms with van der Waals surface area (Å²) in [7, 11) is 3.78. The molecule has 23 heavy (non-hydrogen) atoms. The van der Waals surface area contributed by atoms with Gasteiger partial charge in [0.2, 0.25) is 0 Å². The van der Waals surface area contributed by atoms with Crippen molar-refractivity contribution in [1.29, 1.82) is 0 Å². The molecule has 0 unspecified atom stereocenters. The molecule has 1 aromatic carbocycles. The Morgan fingerprint density at radius 1 is 1.13 bits per heavy atom. The van der Waals surface area contributed by atoms with Crippen LogP contribution in [0.1, 0.15) is 11.3 Å². The molecule has 4 aromatic rings. The van der Waals surface area contributed by atoms with Crippen molar-refractivity contribution in [2.24, 2.45) is 14.1 Å². The van der Waals surface area contributed by atoms with Crippen LogP contribution in [0.4, 0.5) is 0 Å². The fourth-order valence-electron chi connectivity index (χ4n) is 3.09. The SMILES string of the molecule is Cc1ccc2c(c1)c1cnn(Cc3ccn(C)n3)c(=O)c1n2C. The fraction of sp³-hybridized carbons (Fsp3) is 0.235. The van der Waals surface area contributed by atoms with Crippen molar-refractivity contribution in [3.05, 3.63) is 58.3 Å². The second kappa shape index (κ2) is 4.81. The van der Waals surface area contributed by atoms with Crippen LogP contribution in [0, 0.1) is 6.92 Å². The Kier molecular flexibility index (Phi) is 2.87. The van der Waals surface area contributed by atoms with Crippen molar-refractivity contribution in [2.75, 3.05) is 0 Å². The van der Waals surface area contributed by atoms with E-state index in [4.69, 9.17) is 0 Å². The van der Waals surface area contributed by atoms with Crippen LogP contribution >= 0.6 is 0 Å². The maximum atomic E-state index is 12.9. The van der Waals surface area contributed by atoms with E-state index in [0.717, 1.165) is 22.0 Å². The minimum Gasteiger partial charge on any atom is -0.339 e. The van der Waals surface area contributed by atoms with E-state index in [1.165, 1.54) is 10.2 Å². The quantitative estimate of drug-likeness (QED) is 0.569. The van der Waals surface area contributed by atoms with E-state index in [9.17, 15) is 4.79 Å². The highest BCUT2D eigenvalue weighted by atomic mass is 16.1. The molecular weight excluding hydrogens is 290 g/mol. The number of aromatic nitrogens is 5. The third kappa shape index (κ3) is 2.06. The van der Waals surface area contributed by atoms with Crippen molar-refractivity contribution >= 4 is 21.8 Å². The lowest BCUT2D eigenvalue weighted by Gasteiger charge is -2.03. The third-order valence-corrected chi connectivity index (χ3v) is 4.24. The van der Waals surface area contributed by atoms with Crippen molar-refractivity contribution < 1.29 is 0 Å². The zero-order chi connectivity index (χ0) is 16.1. The number of hydrogen-bond acceptors (Lipinski definition) is 3. The van der Waals surface area contributed by atoms with E-state index in [0.29, 0.717) is 12.1 Å². The first-order chi connectivity index (χ1) is 11.0. The van der Waals surface area contributed by atoms with Gasteiger partial charge in [0.15, 0.2) is 0 Å². The fourth-order valence-corrected chi connectivity index (χ4v) is 3.09. The molecule has 4 rings (SSSR count). The Bertz CT molecular complexity index is 1100. The first kappa shape index (κ1) is 13.8. The average Bonchev–Trinajstić information content (AvgIpc) is 3.04. The minimum absolute atomic E-state index is 0.0930. The molecule has 6 heteroatoms. The molecule has 116 valence electrons. The molecule has 0 atom stereocenters. The summed E-state index contributed by atoms with van der Waals surface area (Å²) in [6.45, 7) is 2.42. The van der Waals surface area contributed by atoms with E-state index >= 15 is 0 Å². The third-order valence-electron chi connectivity index (χ3n) is 4.24. The number of rotatable bonds is 2. The number of nitrogens with zero attached hydrogens (tertiary/aromatic N) is 5. The van der Waals surface area contributed by atoms with Gasteiger partial charge in [0, 0.05) is 36.6 Å². The van der Waals surface area contributed by atoms with Crippen LogP contribution in [-0.2, 0) is 20.6 Å². The molecule has 0 spiro atoms. The summed E-state index contributed by atoms with van der Waals surface area (Å²) in [6.07, 6.45) is 3.64. The normalized spacial score (nSPS) is 11.6. The monoisotopic (exact) mass is 307 g/mol. The Morgan fingerprint density at radius 3 is 2.70 bits per heavy atom. The van der Waals surface area contributed by atoms with Crippen LogP contribution in [0.3, 0.4) is 0 Å². The molecule has 0 N–H and O–H groups in total. The molecule has 0 fully saturated rings. The summed E-state index contributed by atoms with van der Waals surface area (Å²) in [5, 5.41) is 10.6. The summed E-state index contributed by atoms with van der Waals surface area (Å²) >= 11 is 0. The lowest BCUT2D eigenvalue weighted by molar-refractivity contribution is 0.619. The van der Waals surface area contributed by atoms with Gasteiger partial charge < -0.3 is 4.57 Å². The Morgan fingerprint density at radius 2 is 1.96 bits per heavy atom. The summed E-state index contributed by atoms with van der Waals surface area (Å²) in [4.78, 5) is 12.9. The van der Waals surface area contributed by atoms with Gasteiger partial charge in [0.25, 0.3) is 5.56 Å². The molecule has 0 saturated heterocycles. The molecular formula is C17H17N5O. The second-order valence-corrected chi connectivity index (χ2v) is 5.93. The summed E-state index contributed by atoms with van der Waals surface area (Å²) in [5.74, 6) is 0. The Hall–Kier alpha value is -2.89. The van der Waals surface area contributed by atoms with E-state index in [1.54, 1.807) is 10.9 Å². The van der Waals surface area contributed by atoms with Gasteiger partial charge in [-0.05, 0) is 25.1 Å². The van der Waals surface area contributed by atoms with E-state index in [1.807, 2.05) is 43.9 Å². The van der Waals surface area contributed by atoms with E-state index in [-0.39, 0.29) is 5.56 Å². The standard InChI is InChI=1S/C17H17N5O/c1-11-4-5-15-13(8-11)14-9-18-22(17(23)16(14)21(15)3)10-12-6-7-20(2)19-12/h4-9H,10H2,1-3H3. The van der Waals surface area contributed by atoms with Gasteiger partial charge in [0.1, 0.15) is 5.52 Å². The molecule has 3 heterocycles. The zero-order valence-corrected chi connectivity index (χ0v) is 13.3. The number of benzene rings is 1. The van der Waals surface area contributed by atoms with Crippen LogP contribution in [0.15, 0.2) is 41.5 Å². The molecule has 0 saturated carbocycles. The van der Waals surface area contributed by atoms with Crippen molar-refractivity contribution in [3.63, 3.8) is 0 Å². The highest BCUT2D eigenvalue weighted by molar-refractivity contribution is 6.07. The Balaban J connectivity index is 1.96. The number of fused-ring (bicyclic) bond motifs is 3. The molecule has 0 bridgehead atoms. The van der Waals surface area contributed by atoms with Crippen LogP contribution in [0.2, 0.25) is 0 Å². The van der Waals surface area contributed by atoms with Crippen LogP contribution < -0.4 is 5.56 Å². The highest BCUT2D eigenvalue weighted by Gasteiger charge is 2.14. The van der Waals surface area contributed by atoms with Gasteiger partial charge in [-0.2, -0.15) is 10.2 Å². The van der Waals surface area contributed by atoms with Crippen molar-refractivity contribution in [2.45, 2.75) is 13.5 Å². The zero-order valence-electron chi connectivity index (χ0n) is 13.3. The molecule has 0 amide bonds. The predicted molar refractivity (Wildman–Crippen MR) is 89.5 cm³/mol. The minimum atomic E-state index is -0.0930. The molecule has 0 aliphatic carbocycles. The van der Waals surface area contributed by atoms with Crippen molar-refractivity contribution in [1.82, 2.24) is 24.1 Å². The largest absolute Gasteiger partial charge is 0.339 e. The van der Waals surface area contributed by atoms with Gasteiger partial charge >= 0.3 is 0 Å². The van der Waals surface area contributed by atoms with E-state index < -0.39 is 0 Å². The van der Waals surface area contributed by atoms with Crippen LogP contribution in [0.25, 0.3) is 21.8 Å². The number of aryl methyl sites for hydroxylation is 3. The average molecular weight is 307 g/mol. The molecule has 6 nitrogen and oxygen atoms in total. The summed E-state index contributed by atoms with van der Waals surface area (Å²) in [6, 6.07) is 8.10. The topological polar surface area (TPSA) is 57.6 Å². The maximum Gasteiger partial charge on any atom is 0.291 e. The molecule has 0 aliphatic rings. The first-order valence-corrected chi connectivity index (χ1v) is 7.48. The first-order valence-electron chi connectivity index (χ1n) is 7.48. The summed E-state index contributed by atoms with van der Waals surface area (Å²) < 4.78 is 5.14.